The van der Waals surface area contributed by atoms with Crippen LogP contribution in [-0.4, -0.2) is 29.1 Å². The van der Waals surface area contributed by atoms with Crippen molar-refractivity contribution in [3.05, 3.63) is 51.5 Å². The number of benzene rings is 1. The van der Waals surface area contributed by atoms with Crippen molar-refractivity contribution in [2.75, 3.05) is 13.2 Å². The summed E-state index contributed by atoms with van der Waals surface area (Å²) >= 11 is 1.26. The summed E-state index contributed by atoms with van der Waals surface area (Å²) in [6.45, 7) is -0.110. The minimum atomic E-state index is -0.896. The van der Waals surface area contributed by atoms with Crippen molar-refractivity contribution in [2.24, 2.45) is 0 Å². The Morgan fingerprint density at radius 2 is 2.15 bits per heavy atom. The second kappa shape index (κ2) is 6.62. The first-order valence-electron chi connectivity index (χ1n) is 5.73. The number of nitrogens with one attached hydrogen (secondary N) is 1. The normalized spacial score (nSPS) is 10.0. The molecule has 20 heavy (non-hydrogen) atoms. The van der Waals surface area contributed by atoms with Gasteiger partial charge in [-0.2, -0.15) is 0 Å². The van der Waals surface area contributed by atoms with Crippen LogP contribution in [0.1, 0.15) is 9.67 Å². The van der Waals surface area contributed by atoms with Crippen LogP contribution < -0.4 is 5.32 Å². The molecule has 1 heterocycles. The fraction of sp³-hybridized carbons (Fsp3) is 0.167. The number of carbonyl (C=O) groups is 1. The zero-order valence-corrected chi connectivity index (χ0v) is 11.1. The van der Waals surface area contributed by atoms with Crippen molar-refractivity contribution in [3.8, 4) is 10.6 Å². The van der Waals surface area contributed by atoms with Gasteiger partial charge in [-0.25, -0.2) is 4.98 Å². The Hall–Kier alpha value is -2.48. The maximum Gasteiger partial charge on any atom is 0.294 e. The van der Waals surface area contributed by atoms with E-state index < -0.39 is 5.09 Å². The van der Waals surface area contributed by atoms with Crippen molar-refractivity contribution >= 4 is 17.2 Å². The molecule has 0 aliphatic carbocycles. The smallest absolute Gasteiger partial charge is 0.294 e. The van der Waals surface area contributed by atoms with Crippen LogP contribution in [0, 0.1) is 10.1 Å². The summed E-state index contributed by atoms with van der Waals surface area (Å²) < 4.78 is 0. The SMILES string of the molecule is O=C(NCCO[N+](=O)[O-])c1cnc(-c2ccccc2)s1. The zero-order chi connectivity index (χ0) is 14.4. The lowest BCUT2D eigenvalue weighted by Gasteiger charge is -2.01. The van der Waals surface area contributed by atoms with Gasteiger partial charge in [-0.3, -0.25) is 4.79 Å². The molecule has 0 saturated heterocycles. The monoisotopic (exact) mass is 293 g/mol. The minimum absolute atomic E-state index is 0.0678. The predicted octanol–water partition coefficient (Wildman–Crippen LogP) is 1.75. The molecule has 1 aromatic carbocycles. The molecule has 0 fully saturated rings. The highest BCUT2D eigenvalue weighted by atomic mass is 32.1. The Bertz CT molecular complexity index is 600. The maximum absolute atomic E-state index is 11.8. The van der Waals surface area contributed by atoms with Crippen LogP contribution in [0.15, 0.2) is 36.5 Å². The van der Waals surface area contributed by atoms with Gasteiger partial charge in [0, 0.05) is 12.1 Å². The predicted molar refractivity (Wildman–Crippen MR) is 72.8 cm³/mol. The summed E-state index contributed by atoms with van der Waals surface area (Å²) in [5.41, 5.74) is 0.938. The van der Waals surface area contributed by atoms with E-state index in [-0.39, 0.29) is 19.1 Å². The van der Waals surface area contributed by atoms with Crippen LogP contribution in [0.5, 0.6) is 0 Å². The van der Waals surface area contributed by atoms with E-state index in [0.717, 1.165) is 10.6 Å². The van der Waals surface area contributed by atoms with Crippen molar-refractivity contribution in [1.82, 2.24) is 10.3 Å². The average Bonchev–Trinajstić information content (AvgIpc) is 2.94. The number of aromatic nitrogens is 1. The zero-order valence-electron chi connectivity index (χ0n) is 10.3. The third kappa shape index (κ3) is 3.75. The largest absolute Gasteiger partial charge is 0.349 e. The number of hydrogen-bond donors (Lipinski definition) is 1. The molecule has 0 aliphatic heterocycles. The average molecular weight is 293 g/mol. The van der Waals surface area contributed by atoms with Crippen LogP contribution >= 0.6 is 11.3 Å². The first-order chi connectivity index (χ1) is 9.66. The highest BCUT2D eigenvalue weighted by Crippen LogP contribution is 2.24. The van der Waals surface area contributed by atoms with Gasteiger partial charge >= 0.3 is 0 Å². The van der Waals surface area contributed by atoms with Gasteiger partial charge in [-0.1, -0.05) is 30.3 Å². The molecule has 0 aliphatic rings. The second-order valence-corrected chi connectivity index (χ2v) is 4.74. The fourth-order valence-corrected chi connectivity index (χ4v) is 2.30. The number of hydrogen-bond acceptors (Lipinski definition) is 6. The highest BCUT2D eigenvalue weighted by Gasteiger charge is 2.11. The summed E-state index contributed by atoms with van der Waals surface area (Å²) in [4.78, 5) is 30.4. The third-order valence-corrected chi connectivity index (χ3v) is 3.38. The van der Waals surface area contributed by atoms with E-state index >= 15 is 0 Å². The van der Waals surface area contributed by atoms with E-state index in [9.17, 15) is 14.9 Å². The summed E-state index contributed by atoms with van der Waals surface area (Å²) in [6.07, 6.45) is 1.48. The Kier molecular flexibility index (Phi) is 4.61. The van der Waals surface area contributed by atoms with Crippen LogP contribution in [0.2, 0.25) is 0 Å². The molecule has 0 spiro atoms. The van der Waals surface area contributed by atoms with Crippen LogP contribution in [0.25, 0.3) is 10.6 Å². The standard InChI is InChI=1S/C12H11N3O4S/c16-11(13-6-7-19-15(17)18)10-8-14-12(20-10)9-4-2-1-3-5-9/h1-5,8H,6-7H2,(H,13,16). The molecule has 1 amide bonds. The fourth-order valence-electron chi connectivity index (χ4n) is 1.47. The molecule has 8 heteroatoms. The lowest BCUT2D eigenvalue weighted by molar-refractivity contribution is -0.757. The third-order valence-electron chi connectivity index (χ3n) is 2.33. The van der Waals surface area contributed by atoms with Gasteiger partial charge in [-0.05, 0) is 0 Å². The van der Waals surface area contributed by atoms with E-state index in [0.29, 0.717) is 4.88 Å². The van der Waals surface area contributed by atoms with Crippen molar-refractivity contribution in [1.29, 1.82) is 0 Å². The molecule has 0 radical (unpaired) electrons. The number of carbonyl (C=O) groups excluding carboxylic acids is 1. The second-order valence-electron chi connectivity index (χ2n) is 3.71. The van der Waals surface area contributed by atoms with Crippen LogP contribution in [0.4, 0.5) is 0 Å². The molecule has 2 rings (SSSR count). The van der Waals surface area contributed by atoms with Gasteiger partial charge in [-0.15, -0.1) is 21.5 Å². The van der Waals surface area contributed by atoms with Gasteiger partial charge < -0.3 is 10.2 Å². The lowest BCUT2D eigenvalue weighted by Crippen LogP contribution is -2.27. The number of amides is 1. The van der Waals surface area contributed by atoms with Crippen molar-refractivity contribution in [2.45, 2.75) is 0 Å². The molecule has 7 nitrogen and oxygen atoms in total. The highest BCUT2D eigenvalue weighted by molar-refractivity contribution is 7.16. The van der Waals surface area contributed by atoms with Gasteiger partial charge in [0.25, 0.3) is 11.0 Å². The molecular formula is C12H11N3O4S. The van der Waals surface area contributed by atoms with Crippen molar-refractivity contribution in [3.63, 3.8) is 0 Å². The Labute approximate surface area is 118 Å². The van der Waals surface area contributed by atoms with Crippen molar-refractivity contribution < 1.29 is 14.7 Å². The molecule has 2 aromatic rings. The molecule has 0 saturated carbocycles. The first-order valence-corrected chi connectivity index (χ1v) is 6.55. The molecule has 0 bridgehead atoms. The summed E-state index contributed by atoms with van der Waals surface area (Å²) in [5.74, 6) is -0.323. The molecular weight excluding hydrogens is 282 g/mol. The Balaban J connectivity index is 1.92. The quantitative estimate of drug-likeness (QED) is 0.497. The van der Waals surface area contributed by atoms with Gasteiger partial charge in [0.05, 0.1) is 6.20 Å². The van der Waals surface area contributed by atoms with E-state index in [1.807, 2.05) is 30.3 Å². The number of nitrogens with zero attached hydrogens (tertiary/aromatic N) is 2. The van der Waals surface area contributed by atoms with Gasteiger partial charge in [0.15, 0.2) is 0 Å². The summed E-state index contributed by atoms with van der Waals surface area (Å²) in [7, 11) is 0. The summed E-state index contributed by atoms with van der Waals surface area (Å²) in [5, 5.41) is 12.3. The van der Waals surface area contributed by atoms with E-state index in [4.69, 9.17) is 0 Å². The summed E-state index contributed by atoms with van der Waals surface area (Å²) in [6, 6.07) is 9.51. The lowest BCUT2D eigenvalue weighted by atomic mass is 10.2. The number of rotatable bonds is 6. The van der Waals surface area contributed by atoms with E-state index in [1.165, 1.54) is 17.5 Å². The molecule has 1 N–H and O–H groups in total. The Morgan fingerprint density at radius 1 is 1.40 bits per heavy atom. The van der Waals surface area contributed by atoms with Gasteiger partial charge in [0.1, 0.15) is 16.5 Å². The number of thiazole rings is 1. The van der Waals surface area contributed by atoms with Crippen LogP contribution in [-0.2, 0) is 4.84 Å². The molecule has 0 atom stereocenters. The Morgan fingerprint density at radius 3 is 2.85 bits per heavy atom. The topological polar surface area (TPSA) is 94.4 Å². The maximum atomic E-state index is 11.8. The first kappa shape index (κ1) is 13.9. The minimum Gasteiger partial charge on any atom is -0.349 e. The van der Waals surface area contributed by atoms with Gasteiger partial charge in [0.2, 0.25) is 0 Å². The van der Waals surface area contributed by atoms with E-state index in [1.54, 1.807) is 0 Å². The van der Waals surface area contributed by atoms with Crippen LogP contribution in [0.3, 0.4) is 0 Å². The molecule has 104 valence electrons. The van der Waals surface area contributed by atoms with E-state index in [2.05, 4.69) is 15.1 Å². The molecule has 0 unspecified atom stereocenters. The molecule has 1 aromatic heterocycles.